The van der Waals surface area contributed by atoms with Crippen LogP contribution in [0.1, 0.15) is 55.6 Å². The van der Waals surface area contributed by atoms with Gasteiger partial charge in [-0.15, -0.1) is 0 Å². The zero-order valence-corrected chi connectivity index (χ0v) is 45.8. The van der Waals surface area contributed by atoms with E-state index in [0.717, 1.165) is 107 Å². The first kappa shape index (κ1) is 52.3. The van der Waals surface area contributed by atoms with Crippen LogP contribution < -0.4 is 14.4 Å². The maximum Gasteiger partial charge on any atom is 0.130 e. The number of anilines is 3. The van der Waals surface area contributed by atoms with Crippen LogP contribution in [-0.2, 0) is 10.8 Å². The van der Waals surface area contributed by atoms with Gasteiger partial charge in [-0.1, -0.05) is 189 Å². The fourth-order valence-corrected chi connectivity index (χ4v) is 13.0. The summed E-state index contributed by atoms with van der Waals surface area (Å²) in [5.41, 5.74) is 12.4. The standard InChI is InChI=1S/C78H51F4NO2/c1-3-50-18-34-61(35-19-50)84-63-38-24-54(25-39-63)77(71-44-28-56(79)46-75(71)81)69-16-10-8-14-65(69)67-42-32-59(48-73(67)77)83(58-30-22-53(23-31-58)52-12-6-5-7-13-52)60-33-43-68-66-15-9-11-17-70(66)78(74(68)49-60,72-45-29-57(80)47-76(72)82)55-26-40-64(41-27-55)85-62-36-20-51(4-2)21-37-62/h3-49H,1-2H2. The molecule has 0 aliphatic heterocycles. The average Bonchev–Trinajstić information content (AvgIpc) is 1.65. The summed E-state index contributed by atoms with van der Waals surface area (Å²) in [6, 6.07) is 85.3. The summed E-state index contributed by atoms with van der Waals surface area (Å²) in [5.74, 6) is -0.360. The zero-order chi connectivity index (χ0) is 57.8. The van der Waals surface area contributed by atoms with Crippen molar-refractivity contribution < 1.29 is 27.0 Å². The Balaban J connectivity index is 0.984. The summed E-state index contributed by atoms with van der Waals surface area (Å²) < 4.78 is 77.7. The second-order valence-electron chi connectivity index (χ2n) is 21.3. The molecule has 14 rings (SSSR count). The Morgan fingerprint density at radius 1 is 0.306 bits per heavy atom. The summed E-state index contributed by atoms with van der Waals surface area (Å²) in [7, 11) is 0. The molecule has 0 fully saturated rings. The van der Waals surface area contributed by atoms with Crippen LogP contribution in [0.5, 0.6) is 23.0 Å². The Labute approximate surface area is 491 Å². The van der Waals surface area contributed by atoms with Crippen molar-refractivity contribution in [2.45, 2.75) is 10.8 Å². The third-order valence-corrected chi connectivity index (χ3v) is 16.8. The summed E-state index contributed by atoms with van der Waals surface area (Å²) in [5, 5.41) is 0. The number of ether oxygens (including phenoxy) is 2. The molecule has 0 spiro atoms. The van der Waals surface area contributed by atoms with Crippen molar-refractivity contribution in [3.63, 3.8) is 0 Å². The maximum atomic E-state index is 17.3. The predicted molar refractivity (Wildman–Crippen MR) is 334 cm³/mol. The second-order valence-corrected chi connectivity index (χ2v) is 21.3. The molecule has 0 N–H and O–H groups in total. The topological polar surface area (TPSA) is 21.7 Å². The number of halogens is 4. The van der Waals surface area contributed by atoms with E-state index >= 15 is 17.6 Å². The Morgan fingerprint density at radius 2 is 0.671 bits per heavy atom. The van der Waals surface area contributed by atoms with Gasteiger partial charge in [0.25, 0.3) is 0 Å². The Bertz CT molecular complexity index is 4290. The molecule has 12 aromatic rings. The van der Waals surface area contributed by atoms with Crippen LogP contribution >= 0.6 is 0 Å². The van der Waals surface area contributed by atoms with Gasteiger partial charge < -0.3 is 14.4 Å². The van der Waals surface area contributed by atoms with Gasteiger partial charge in [0.1, 0.15) is 46.3 Å². The lowest BCUT2D eigenvalue weighted by atomic mass is 9.67. The van der Waals surface area contributed by atoms with Crippen molar-refractivity contribution >= 4 is 29.2 Å². The van der Waals surface area contributed by atoms with E-state index in [2.05, 4.69) is 90.9 Å². The third-order valence-electron chi connectivity index (χ3n) is 16.8. The van der Waals surface area contributed by atoms with Crippen LogP contribution in [0.25, 0.3) is 45.5 Å². The van der Waals surface area contributed by atoms with Crippen LogP contribution in [-0.4, -0.2) is 0 Å². The molecule has 0 amide bonds. The molecule has 0 heterocycles. The first-order valence-corrected chi connectivity index (χ1v) is 28.0. The van der Waals surface area contributed by atoms with Crippen molar-refractivity contribution in [2.75, 3.05) is 4.90 Å². The number of nitrogens with zero attached hydrogens (tertiary/aromatic N) is 1. The molecule has 85 heavy (non-hydrogen) atoms. The highest BCUT2D eigenvalue weighted by Gasteiger charge is 2.50. The maximum absolute atomic E-state index is 17.3. The number of hydrogen-bond donors (Lipinski definition) is 0. The molecule has 2 atom stereocenters. The SMILES string of the molecule is C=Cc1ccc(Oc2ccc(C3(c4ccc(F)cc4F)c4ccccc4-c4ccc(N(c5ccc(-c6ccccc6)cc5)c5ccc6c(c5)C(c5ccc(Oc7ccc(C=C)cc7)cc5)(c5ccc(F)cc5F)c5ccccc5-6)cc43)cc2)cc1. The molecule has 12 aromatic carbocycles. The molecular weight excluding hydrogens is 1060 g/mol. The number of hydrogen-bond acceptors (Lipinski definition) is 3. The first-order valence-electron chi connectivity index (χ1n) is 28.0. The lowest BCUT2D eigenvalue weighted by Crippen LogP contribution is -2.30. The zero-order valence-electron chi connectivity index (χ0n) is 45.8. The largest absolute Gasteiger partial charge is 0.457 e. The van der Waals surface area contributed by atoms with E-state index in [9.17, 15) is 0 Å². The van der Waals surface area contributed by atoms with Crippen LogP contribution in [0.3, 0.4) is 0 Å². The Morgan fingerprint density at radius 3 is 1.08 bits per heavy atom. The van der Waals surface area contributed by atoms with Gasteiger partial charge in [-0.25, -0.2) is 17.6 Å². The van der Waals surface area contributed by atoms with Crippen molar-refractivity contribution in [3.05, 3.63) is 365 Å². The van der Waals surface area contributed by atoms with E-state index in [1.807, 2.05) is 164 Å². The second kappa shape index (κ2) is 21.2. The van der Waals surface area contributed by atoms with Gasteiger partial charge in [0.05, 0.1) is 10.8 Å². The van der Waals surface area contributed by atoms with Gasteiger partial charge in [0, 0.05) is 40.3 Å². The number of rotatable bonds is 14. The van der Waals surface area contributed by atoms with E-state index in [-0.39, 0.29) is 11.1 Å². The molecular formula is C78H51F4NO2. The normalized spacial score (nSPS) is 15.2. The quantitative estimate of drug-likeness (QED) is 0.101. The fraction of sp³-hybridized carbons (Fsp3) is 0.0256. The van der Waals surface area contributed by atoms with Crippen LogP contribution in [0.2, 0.25) is 0 Å². The number of fused-ring (bicyclic) bond motifs is 6. The van der Waals surface area contributed by atoms with Gasteiger partial charge in [-0.2, -0.15) is 0 Å². The van der Waals surface area contributed by atoms with E-state index < -0.39 is 34.1 Å². The first-order chi connectivity index (χ1) is 41.6. The summed E-state index contributed by atoms with van der Waals surface area (Å²) in [6.45, 7) is 7.75. The molecule has 0 saturated heterocycles. The van der Waals surface area contributed by atoms with Crippen LogP contribution in [0.4, 0.5) is 34.6 Å². The molecule has 408 valence electrons. The van der Waals surface area contributed by atoms with Crippen LogP contribution in [0, 0.1) is 23.3 Å². The average molecular weight is 1110 g/mol. The van der Waals surface area contributed by atoms with Crippen LogP contribution in [0.15, 0.2) is 286 Å². The lowest BCUT2D eigenvalue weighted by Gasteiger charge is -2.36. The molecule has 3 nitrogen and oxygen atoms in total. The lowest BCUT2D eigenvalue weighted by molar-refractivity contribution is 0.481. The minimum absolute atomic E-state index is 0.271. The van der Waals surface area contributed by atoms with E-state index in [0.29, 0.717) is 23.0 Å². The molecule has 0 bridgehead atoms. The van der Waals surface area contributed by atoms with Gasteiger partial charge in [-0.3, -0.25) is 0 Å². The fourth-order valence-electron chi connectivity index (χ4n) is 13.0. The summed E-state index contributed by atoms with van der Waals surface area (Å²) >= 11 is 0. The van der Waals surface area contributed by atoms with Gasteiger partial charge >= 0.3 is 0 Å². The molecule has 0 aromatic heterocycles. The van der Waals surface area contributed by atoms with E-state index in [1.165, 1.54) is 12.1 Å². The van der Waals surface area contributed by atoms with Gasteiger partial charge in [-0.05, 0) is 175 Å². The molecule has 0 saturated carbocycles. The summed E-state index contributed by atoms with van der Waals surface area (Å²) in [4.78, 5) is 2.17. The van der Waals surface area contributed by atoms with E-state index in [1.54, 1.807) is 24.3 Å². The monoisotopic (exact) mass is 1110 g/mol. The molecule has 2 aliphatic carbocycles. The molecule has 2 aliphatic rings. The predicted octanol–water partition coefficient (Wildman–Crippen LogP) is 21.0. The smallest absolute Gasteiger partial charge is 0.130 e. The molecule has 0 radical (unpaired) electrons. The third kappa shape index (κ3) is 8.82. The Hall–Kier alpha value is -10.8. The summed E-state index contributed by atoms with van der Waals surface area (Å²) in [6.07, 6.45) is 3.54. The highest BCUT2D eigenvalue weighted by atomic mass is 19.1. The Kier molecular flexibility index (Phi) is 13.1. The van der Waals surface area contributed by atoms with Gasteiger partial charge in [0.2, 0.25) is 0 Å². The number of benzene rings is 12. The van der Waals surface area contributed by atoms with Crippen molar-refractivity contribution in [3.8, 4) is 56.4 Å². The minimum Gasteiger partial charge on any atom is -0.457 e. The van der Waals surface area contributed by atoms with Gasteiger partial charge in [0.15, 0.2) is 0 Å². The highest BCUT2D eigenvalue weighted by molar-refractivity contribution is 5.92. The highest BCUT2D eigenvalue weighted by Crippen LogP contribution is 2.60. The van der Waals surface area contributed by atoms with Crippen molar-refractivity contribution in [1.82, 2.24) is 0 Å². The molecule has 2 unspecified atom stereocenters. The minimum atomic E-state index is -1.31. The van der Waals surface area contributed by atoms with Crippen molar-refractivity contribution in [1.29, 1.82) is 0 Å². The van der Waals surface area contributed by atoms with E-state index in [4.69, 9.17) is 9.47 Å². The van der Waals surface area contributed by atoms with Crippen molar-refractivity contribution in [2.24, 2.45) is 0 Å². The molecule has 7 heteroatoms.